The number of rotatable bonds is 9. The Balaban J connectivity index is 5.51. The summed E-state index contributed by atoms with van der Waals surface area (Å²) >= 11 is 0. The third-order valence-corrected chi connectivity index (χ3v) is 2.57. The van der Waals surface area contributed by atoms with Crippen LogP contribution in [0.15, 0.2) is 49.6 Å². The molecule has 0 aliphatic heterocycles. The molecule has 21 heavy (non-hydrogen) atoms. The van der Waals surface area contributed by atoms with E-state index in [1.165, 1.54) is 25.2 Å². The Morgan fingerprint density at radius 1 is 1.24 bits per heavy atom. The van der Waals surface area contributed by atoms with Gasteiger partial charge in [-0.05, 0) is 12.5 Å². The van der Waals surface area contributed by atoms with Gasteiger partial charge in [-0.25, -0.2) is 4.79 Å². The van der Waals surface area contributed by atoms with Crippen molar-refractivity contribution in [1.29, 1.82) is 0 Å². The molecule has 0 fully saturated rings. The van der Waals surface area contributed by atoms with E-state index in [1.54, 1.807) is 0 Å². The van der Waals surface area contributed by atoms with E-state index in [4.69, 9.17) is 4.74 Å². The lowest BCUT2D eigenvalue weighted by Crippen LogP contribution is -2.55. The van der Waals surface area contributed by atoms with Gasteiger partial charge in [0, 0.05) is 6.42 Å². The topological polar surface area (TPSA) is 35.5 Å². The summed E-state index contributed by atoms with van der Waals surface area (Å²) in [5, 5.41) is 0. The normalized spacial score (nSPS) is 15.0. The fraction of sp³-hybridized carbons (Fsp3) is 0.400. The van der Waals surface area contributed by atoms with Gasteiger partial charge in [-0.15, -0.1) is 6.58 Å². The monoisotopic (exact) mass is 304 g/mol. The molecule has 0 rings (SSSR count). The number of ether oxygens (including phenoxy) is 2. The zero-order valence-electron chi connectivity index (χ0n) is 11.9. The van der Waals surface area contributed by atoms with Crippen LogP contribution in [0.2, 0.25) is 0 Å². The summed E-state index contributed by atoms with van der Waals surface area (Å²) in [6.45, 7) is 10.9. The highest BCUT2D eigenvalue weighted by atomic mass is 19.4. The molecule has 0 radical (unpaired) electrons. The molecule has 0 aliphatic rings. The van der Waals surface area contributed by atoms with Crippen LogP contribution >= 0.6 is 0 Å². The van der Waals surface area contributed by atoms with E-state index >= 15 is 0 Å². The lowest BCUT2D eigenvalue weighted by Gasteiger charge is -2.32. The van der Waals surface area contributed by atoms with Crippen molar-refractivity contribution in [2.24, 2.45) is 0 Å². The maximum atomic E-state index is 13.3. The molecule has 0 heterocycles. The fourth-order valence-corrected chi connectivity index (χ4v) is 1.50. The van der Waals surface area contributed by atoms with Gasteiger partial charge in [-0.2, -0.15) is 13.2 Å². The number of allylic oxidation sites excluding steroid dienone is 2. The molecule has 0 spiro atoms. The molecular weight excluding hydrogens is 285 g/mol. The molecule has 1 unspecified atom stereocenters. The van der Waals surface area contributed by atoms with Gasteiger partial charge in [0.1, 0.15) is 0 Å². The predicted molar refractivity (Wildman–Crippen MR) is 74.7 cm³/mol. The number of halogens is 3. The Kier molecular flexibility index (Phi) is 7.73. The first-order chi connectivity index (χ1) is 9.78. The van der Waals surface area contributed by atoms with Gasteiger partial charge in [0.25, 0.3) is 5.60 Å². The van der Waals surface area contributed by atoms with Gasteiger partial charge in [0.05, 0.1) is 13.2 Å². The lowest BCUT2D eigenvalue weighted by molar-refractivity contribution is -0.274. The smallest absolute Gasteiger partial charge is 0.428 e. The highest BCUT2D eigenvalue weighted by molar-refractivity contribution is 5.81. The average Bonchev–Trinajstić information content (AvgIpc) is 2.40. The molecule has 0 saturated carbocycles. The van der Waals surface area contributed by atoms with Crippen molar-refractivity contribution in [3.63, 3.8) is 0 Å². The minimum absolute atomic E-state index is 0.187. The molecular formula is C15H19F3O3. The van der Waals surface area contributed by atoms with Crippen molar-refractivity contribution < 1.29 is 27.4 Å². The lowest BCUT2D eigenvalue weighted by atomic mass is 9.98. The quantitative estimate of drug-likeness (QED) is 0.370. The Labute approximate surface area is 122 Å². The van der Waals surface area contributed by atoms with E-state index in [0.717, 1.165) is 6.08 Å². The van der Waals surface area contributed by atoms with Crippen molar-refractivity contribution in [3.05, 3.63) is 49.6 Å². The van der Waals surface area contributed by atoms with E-state index < -0.39 is 30.8 Å². The van der Waals surface area contributed by atoms with Gasteiger partial charge in [0.15, 0.2) is 0 Å². The van der Waals surface area contributed by atoms with Gasteiger partial charge >= 0.3 is 12.1 Å². The largest absolute Gasteiger partial charge is 0.464 e. The summed E-state index contributed by atoms with van der Waals surface area (Å²) in [4.78, 5) is 11.8. The minimum Gasteiger partial charge on any atom is -0.464 e. The first-order valence-corrected chi connectivity index (χ1v) is 6.21. The van der Waals surface area contributed by atoms with Crippen LogP contribution in [-0.2, 0) is 14.3 Å². The molecule has 0 aliphatic carbocycles. The number of alkyl halides is 3. The van der Waals surface area contributed by atoms with Crippen LogP contribution in [0.4, 0.5) is 13.2 Å². The van der Waals surface area contributed by atoms with Crippen LogP contribution in [0.5, 0.6) is 0 Å². The van der Waals surface area contributed by atoms with Crippen molar-refractivity contribution in [1.82, 2.24) is 0 Å². The van der Waals surface area contributed by atoms with Gasteiger partial charge in [-0.1, -0.05) is 37.5 Å². The molecule has 118 valence electrons. The van der Waals surface area contributed by atoms with Crippen LogP contribution in [0.3, 0.4) is 0 Å². The summed E-state index contributed by atoms with van der Waals surface area (Å²) in [5.74, 6) is -1.49. The third kappa shape index (κ3) is 4.90. The molecule has 0 N–H and O–H groups in total. The average molecular weight is 304 g/mol. The second kappa shape index (κ2) is 8.46. The number of hydrogen-bond acceptors (Lipinski definition) is 3. The van der Waals surface area contributed by atoms with Crippen molar-refractivity contribution in [2.45, 2.75) is 25.1 Å². The molecule has 6 heteroatoms. The van der Waals surface area contributed by atoms with E-state index in [1.807, 2.05) is 0 Å². The molecule has 0 aromatic carbocycles. The van der Waals surface area contributed by atoms with Gasteiger partial charge in [0.2, 0.25) is 0 Å². The molecule has 0 aromatic rings. The Morgan fingerprint density at radius 2 is 1.86 bits per heavy atom. The molecule has 0 aromatic heterocycles. The summed E-state index contributed by atoms with van der Waals surface area (Å²) in [5.41, 5.74) is -2.72. The highest BCUT2D eigenvalue weighted by Crippen LogP contribution is 2.38. The summed E-state index contributed by atoms with van der Waals surface area (Å²) in [7, 11) is 0. The van der Waals surface area contributed by atoms with Crippen LogP contribution in [0.25, 0.3) is 0 Å². The Morgan fingerprint density at radius 3 is 2.24 bits per heavy atom. The first-order valence-electron chi connectivity index (χ1n) is 6.21. The first kappa shape index (κ1) is 19.2. The van der Waals surface area contributed by atoms with E-state index in [-0.39, 0.29) is 6.61 Å². The van der Waals surface area contributed by atoms with Crippen LogP contribution in [0, 0.1) is 0 Å². The van der Waals surface area contributed by atoms with Crippen molar-refractivity contribution in [2.75, 3.05) is 13.2 Å². The van der Waals surface area contributed by atoms with Crippen LogP contribution in [0.1, 0.15) is 13.3 Å². The van der Waals surface area contributed by atoms with Crippen molar-refractivity contribution in [3.8, 4) is 0 Å². The highest BCUT2D eigenvalue weighted by Gasteiger charge is 2.62. The standard InChI is InChI=1S/C15H19F3O3/c1-5-9-12(7-3)11-21-14(10-6-2,15(16,17)18)13(19)20-8-4/h5-7,9H,1-3,8,10-11H2,4H3/b12-9+. The summed E-state index contributed by atoms with van der Waals surface area (Å²) in [6, 6.07) is 0. The Bertz CT molecular complexity index is 424. The predicted octanol–water partition coefficient (Wildman–Crippen LogP) is 3.74. The number of carbonyl (C=O) groups excluding carboxylic acids is 1. The molecule has 0 saturated heterocycles. The van der Waals surface area contributed by atoms with Crippen molar-refractivity contribution >= 4 is 5.97 Å². The molecule has 0 amide bonds. The minimum atomic E-state index is -4.94. The third-order valence-electron chi connectivity index (χ3n) is 2.57. The second-order valence-corrected chi connectivity index (χ2v) is 4.01. The van der Waals surface area contributed by atoms with Gasteiger partial charge < -0.3 is 9.47 Å². The van der Waals surface area contributed by atoms with Crippen LogP contribution in [-0.4, -0.2) is 31.0 Å². The fourth-order valence-electron chi connectivity index (χ4n) is 1.50. The van der Waals surface area contributed by atoms with Gasteiger partial charge in [-0.3, -0.25) is 0 Å². The zero-order chi connectivity index (χ0) is 16.5. The number of hydrogen-bond donors (Lipinski definition) is 0. The summed E-state index contributed by atoms with van der Waals surface area (Å²) in [6.07, 6.45) is -0.570. The molecule has 0 bridgehead atoms. The van der Waals surface area contributed by atoms with E-state index in [9.17, 15) is 18.0 Å². The maximum absolute atomic E-state index is 13.3. The number of esters is 1. The maximum Gasteiger partial charge on any atom is 0.428 e. The number of carbonyl (C=O) groups is 1. The van der Waals surface area contributed by atoms with Crippen LogP contribution < -0.4 is 0 Å². The molecule has 3 nitrogen and oxygen atoms in total. The second-order valence-electron chi connectivity index (χ2n) is 4.01. The van der Waals surface area contributed by atoms with E-state index in [2.05, 4.69) is 24.5 Å². The SMILES string of the molecule is C=C/C=C(\C=C)COC(CC=C)(C(=O)OCC)C(F)(F)F. The Hall–Kier alpha value is -1.82. The van der Waals surface area contributed by atoms with E-state index in [0.29, 0.717) is 5.57 Å². The summed E-state index contributed by atoms with van der Waals surface area (Å²) < 4.78 is 49.4. The zero-order valence-corrected chi connectivity index (χ0v) is 11.9. The molecule has 1 atom stereocenters.